The fourth-order valence-electron chi connectivity index (χ4n) is 3.06. The second-order valence-corrected chi connectivity index (χ2v) is 5.78. The SMILES string of the molecule is CCC1CNC(CC)(CC)CN1c1cc(F)c(F)cc1F. The van der Waals surface area contributed by atoms with E-state index in [1.807, 2.05) is 11.8 Å². The Bertz CT molecular complexity index is 501. The molecule has 2 nitrogen and oxygen atoms in total. The summed E-state index contributed by atoms with van der Waals surface area (Å²) in [4.78, 5) is 1.89. The van der Waals surface area contributed by atoms with Gasteiger partial charge in [-0.2, -0.15) is 0 Å². The lowest BCUT2D eigenvalue weighted by Gasteiger charge is -2.48. The van der Waals surface area contributed by atoms with Crippen molar-refractivity contribution in [3.05, 3.63) is 29.6 Å². The van der Waals surface area contributed by atoms with Gasteiger partial charge in [0.05, 0.1) is 5.69 Å². The number of rotatable bonds is 4. The molecule has 0 saturated carbocycles. The second kappa shape index (κ2) is 6.26. The lowest BCUT2D eigenvalue weighted by molar-refractivity contribution is 0.244. The van der Waals surface area contributed by atoms with Crippen LogP contribution < -0.4 is 10.2 Å². The molecule has 1 aliphatic heterocycles. The summed E-state index contributed by atoms with van der Waals surface area (Å²) in [6.45, 7) is 7.50. The topological polar surface area (TPSA) is 15.3 Å². The Kier molecular flexibility index (Phi) is 4.81. The van der Waals surface area contributed by atoms with Crippen LogP contribution in [-0.4, -0.2) is 24.7 Å². The highest BCUT2D eigenvalue weighted by Crippen LogP contribution is 2.31. The Morgan fingerprint density at radius 1 is 1.10 bits per heavy atom. The Morgan fingerprint density at radius 3 is 2.29 bits per heavy atom. The van der Waals surface area contributed by atoms with Crippen molar-refractivity contribution in [3.8, 4) is 0 Å². The second-order valence-electron chi connectivity index (χ2n) is 5.78. The first kappa shape index (κ1) is 16.1. The standard InChI is InChI=1S/C16H23F3N2/c1-4-11-9-20-16(5-2,6-3)10-21(11)15-8-13(18)12(17)7-14(15)19/h7-8,11,20H,4-6,9-10H2,1-3H3. The van der Waals surface area contributed by atoms with Crippen LogP contribution in [0.25, 0.3) is 0 Å². The van der Waals surface area contributed by atoms with Gasteiger partial charge in [0.1, 0.15) is 5.82 Å². The molecule has 21 heavy (non-hydrogen) atoms. The van der Waals surface area contributed by atoms with Crippen LogP contribution in [0.2, 0.25) is 0 Å². The first-order chi connectivity index (χ1) is 9.96. The zero-order valence-electron chi connectivity index (χ0n) is 12.8. The first-order valence-corrected chi connectivity index (χ1v) is 7.62. The van der Waals surface area contributed by atoms with Crippen molar-refractivity contribution >= 4 is 5.69 Å². The zero-order chi connectivity index (χ0) is 15.6. The highest BCUT2D eigenvalue weighted by molar-refractivity contribution is 5.50. The zero-order valence-corrected chi connectivity index (χ0v) is 12.8. The Labute approximate surface area is 124 Å². The molecule has 118 valence electrons. The molecule has 1 unspecified atom stereocenters. The van der Waals surface area contributed by atoms with Gasteiger partial charge in [0, 0.05) is 36.8 Å². The molecule has 1 aromatic carbocycles. The quantitative estimate of drug-likeness (QED) is 0.850. The Morgan fingerprint density at radius 2 is 1.71 bits per heavy atom. The predicted octanol–water partition coefficient (Wildman–Crippen LogP) is 3.85. The van der Waals surface area contributed by atoms with Gasteiger partial charge in [-0.05, 0) is 19.3 Å². The highest BCUT2D eigenvalue weighted by atomic mass is 19.2. The average Bonchev–Trinajstić information content (AvgIpc) is 2.50. The third-order valence-corrected chi connectivity index (χ3v) is 4.75. The van der Waals surface area contributed by atoms with Crippen molar-refractivity contribution in [2.45, 2.75) is 51.6 Å². The number of hydrogen-bond donors (Lipinski definition) is 1. The normalized spacial score (nSPS) is 21.6. The number of nitrogens with one attached hydrogen (secondary N) is 1. The van der Waals surface area contributed by atoms with Crippen LogP contribution in [0.3, 0.4) is 0 Å². The van der Waals surface area contributed by atoms with E-state index in [1.165, 1.54) is 0 Å². The van der Waals surface area contributed by atoms with Crippen molar-refractivity contribution in [2.75, 3.05) is 18.0 Å². The molecule has 1 fully saturated rings. The molecule has 1 atom stereocenters. The summed E-state index contributed by atoms with van der Waals surface area (Å²) in [6.07, 6.45) is 2.62. The molecule has 0 amide bonds. The fourth-order valence-corrected chi connectivity index (χ4v) is 3.06. The third kappa shape index (κ3) is 3.03. The van der Waals surface area contributed by atoms with E-state index in [0.717, 1.165) is 31.9 Å². The van der Waals surface area contributed by atoms with Crippen molar-refractivity contribution < 1.29 is 13.2 Å². The number of piperazine rings is 1. The Balaban J connectivity index is 2.40. The minimum absolute atomic E-state index is 0.0792. The maximum Gasteiger partial charge on any atom is 0.161 e. The molecule has 0 aromatic heterocycles. The van der Waals surface area contributed by atoms with E-state index in [1.54, 1.807) is 0 Å². The van der Waals surface area contributed by atoms with E-state index in [4.69, 9.17) is 0 Å². The van der Waals surface area contributed by atoms with Gasteiger partial charge in [0.2, 0.25) is 0 Å². The van der Waals surface area contributed by atoms with Gasteiger partial charge in [-0.3, -0.25) is 0 Å². The predicted molar refractivity (Wildman–Crippen MR) is 79.1 cm³/mol. The van der Waals surface area contributed by atoms with Crippen molar-refractivity contribution in [1.29, 1.82) is 0 Å². The number of benzene rings is 1. The van der Waals surface area contributed by atoms with Crippen molar-refractivity contribution in [1.82, 2.24) is 5.32 Å². The lowest BCUT2D eigenvalue weighted by Crippen LogP contribution is -2.64. The average molecular weight is 300 g/mol. The molecule has 1 aromatic rings. The maximum absolute atomic E-state index is 14.1. The van der Waals surface area contributed by atoms with Gasteiger partial charge in [-0.1, -0.05) is 20.8 Å². The lowest BCUT2D eigenvalue weighted by atomic mass is 9.87. The molecule has 1 saturated heterocycles. The number of hydrogen-bond acceptors (Lipinski definition) is 2. The molecule has 0 aliphatic carbocycles. The molecule has 1 N–H and O–H groups in total. The third-order valence-electron chi connectivity index (χ3n) is 4.75. The summed E-state index contributed by atoms with van der Waals surface area (Å²) in [5.41, 5.74) is 0.0525. The summed E-state index contributed by atoms with van der Waals surface area (Å²) in [6, 6.07) is 1.70. The van der Waals surface area contributed by atoms with Gasteiger partial charge in [0.25, 0.3) is 0 Å². The van der Waals surface area contributed by atoms with Gasteiger partial charge >= 0.3 is 0 Å². The van der Waals surface area contributed by atoms with Crippen LogP contribution in [0.5, 0.6) is 0 Å². The minimum atomic E-state index is -1.14. The summed E-state index contributed by atoms with van der Waals surface area (Å²) in [5, 5.41) is 3.55. The molecule has 5 heteroatoms. The minimum Gasteiger partial charge on any atom is -0.363 e. The van der Waals surface area contributed by atoms with E-state index < -0.39 is 17.5 Å². The highest BCUT2D eigenvalue weighted by Gasteiger charge is 2.37. The van der Waals surface area contributed by atoms with Crippen molar-refractivity contribution in [3.63, 3.8) is 0 Å². The van der Waals surface area contributed by atoms with Crippen LogP contribution in [0.1, 0.15) is 40.0 Å². The fraction of sp³-hybridized carbons (Fsp3) is 0.625. The van der Waals surface area contributed by atoms with Gasteiger partial charge in [0.15, 0.2) is 11.6 Å². The molecule has 0 radical (unpaired) electrons. The van der Waals surface area contributed by atoms with E-state index in [2.05, 4.69) is 19.2 Å². The van der Waals surface area contributed by atoms with Crippen LogP contribution >= 0.6 is 0 Å². The molecule has 0 spiro atoms. The smallest absolute Gasteiger partial charge is 0.161 e. The Hall–Kier alpha value is -1.23. The van der Waals surface area contributed by atoms with Crippen molar-refractivity contribution in [2.24, 2.45) is 0 Å². The molecule has 2 rings (SSSR count). The monoisotopic (exact) mass is 300 g/mol. The summed E-state index contributed by atoms with van der Waals surface area (Å²) in [5.74, 6) is -2.84. The number of halogens is 3. The van der Waals surface area contributed by atoms with Crippen LogP contribution in [-0.2, 0) is 0 Å². The van der Waals surface area contributed by atoms with E-state index in [9.17, 15) is 13.2 Å². The van der Waals surface area contributed by atoms with Gasteiger partial charge in [-0.25, -0.2) is 13.2 Å². The van der Waals surface area contributed by atoms with E-state index in [0.29, 0.717) is 12.6 Å². The van der Waals surface area contributed by atoms with E-state index >= 15 is 0 Å². The van der Waals surface area contributed by atoms with Gasteiger partial charge < -0.3 is 10.2 Å². The summed E-state index contributed by atoms with van der Waals surface area (Å²) in [7, 11) is 0. The maximum atomic E-state index is 14.1. The first-order valence-electron chi connectivity index (χ1n) is 7.62. The molecular weight excluding hydrogens is 277 g/mol. The number of anilines is 1. The summed E-state index contributed by atoms with van der Waals surface area (Å²) >= 11 is 0. The van der Waals surface area contributed by atoms with Crippen LogP contribution in [0.15, 0.2) is 12.1 Å². The van der Waals surface area contributed by atoms with E-state index in [-0.39, 0.29) is 17.3 Å². The largest absolute Gasteiger partial charge is 0.363 e. The van der Waals surface area contributed by atoms with Gasteiger partial charge in [-0.15, -0.1) is 0 Å². The van der Waals surface area contributed by atoms with Crippen LogP contribution in [0.4, 0.5) is 18.9 Å². The number of nitrogens with zero attached hydrogens (tertiary/aromatic N) is 1. The molecular formula is C16H23F3N2. The summed E-state index contributed by atoms with van der Waals surface area (Å²) < 4.78 is 40.8. The molecule has 0 bridgehead atoms. The van der Waals surface area contributed by atoms with Crippen LogP contribution in [0, 0.1) is 17.5 Å². The molecule has 1 heterocycles. The molecule has 1 aliphatic rings.